The zero-order valence-corrected chi connectivity index (χ0v) is 12.2. The fraction of sp³-hybridized carbons (Fsp3) is 0.400. The van der Waals surface area contributed by atoms with E-state index in [-0.39, 0.29) is 12.6 Å². The van der Waals surface area contributed by atoms with E-state index in [1.165, 1.54) is 0 Å². The van der Waals surface area contributed by atoms with E-state index in [4.69, 9.17) is 9.84 Å². The molecule has 0 bridgehead atoms. The van der Waals surface area contributed by atoms with Crippen LogP contribution in [0, 0.1) is 0 Å². The van der Waals surface area contributed by atoms with Gasteiger partial charge in [0, 0.05) is 18.8 Å². The Balaban J connectivity index is 1.74. The highest BCUT2D eigenvalue weighted by Crippen LogP contribution is 2.18. The molecule has 3 N–H and O–H groups in total. The van der Waals surface area contributed by atoms with Crippen LogP contribution in [0.25, 0.3) is 0 Å². The summed E-state index contributed by atoms with van der Waals surface area (Å²) in [5, 5.41) is 15.7. The van der Waals surface area contributed by atoms with Crippen molar-refractivity contribution in [1.29, 1.82) is 0 Å². The molecule has 1 saturated heterocycles. The highest BCUT2D eigenvalue weighted by Gasteiger charge is 2.31. The second-order valence-electron chi connectivity index (χ2n) is 5.21. The molecule has 0 radical (unpaired) electrons. The van der Waals surface area contributed by atoms with Gasteiger partial charge in [-0.1, -0.05) is 0 Å². The highest BCUT2D eigenvalue weighted by atomic mass is 16.5. The number of nitrogens with zero attached hydrogens (tertiary/aromatic N) is 2. The second-order valence-corrected chi connectivity index (χ2v) is 5.21. The van der Waals surface area contributed by atoms with Gasteiger partial charge in [0.15, 0.2) is 6.04 Å². The van der Waals surface area contributed by atoms with E-state index in [2.05, 4.69) is 20.6 Å². The van der Waals surface area contributed by atoms with Crippen molar-refractivity contribution in [2.24, 2.45) is 9.98 Å². The van der Waals surface area contributed by atoms with Crippen LogP contribution in [0.3, 0.4) is 0 Å². The average molecular weight is 302 g/mol. The molecule has 0 aromatic heterocycles. The molecule has 1 aromatic rings. The summed E-state index contributed by atoms with van der Waals surface area (Å²) in [5.41, 5.74) is 2.54. The second kappa shape index (κ2) is 6.15. The zero-order chi connectivity index (χ0) is 15.5. The van der Waals surface area contributed by atoms with Crippen LogP contribution in [0.5, 0.6) is 5.75 Å². The molecular weight excluding hydrogens is 284 g/mol. The maximum Gasteiger partial charge on any atom is 0.330 e. The van der Waals surface area contributed by atoms with Crippen LogP contribution in [0.4, 0.5) is 5.69 Å². The number of ether oxygens (including phenoxy) is 1. The molecule has 2 aliphatic heterocycles. The summed E-state index contributed by atoms with van der Waals surface area (Å²) in [6, 6.07) is 6.87. The smallest absolute Gasteiger partial charge is 0.330 e. The molecule has 7 heteroatoms. The Morgan fingerprint density at radius 3 is 2.86 bits per heavy atom. The van der Waals surface area contributed by atoms with Crippen LogP contribution in [-0.4, -0.2) is 61.3 Å². The van der Waals surface area contributed by atoms with Gasteiger partial charge in [-0.05, 0) is 24.3 Å². The van der Waals surface area contributed by atoms with Crippen LogP contribution in [0.15, 0.2) is 34.3 Å². The van der Waals surface area contributed by atoms with Crippen molar-refractivity contribution in [3.63, 3.8) is 0 Å². The van der Waals surface area contributed by atoms with Crippen LogP contribution in [-0.2, 0) is 4.79 Å². The summed E-state index contributed by atoms with van der Waals surface area (Å²) in [6.07, 6.45) is 0. The number of carboxylic acid groups (broad SMARTS) is 1. The molecule has 1 aromatic carbocycles. The third-order valence-corrected chi connectivity index (χ3v) is 3.73. The first-order valence-corrected chi connectivity index (χ1v) is 7.13. The standard InChI is InChI=1S/C15H18N4O3/c1-22-10-4-2-9(3-5-10)18-11-6-16-7-12-14(11)17-8-13(19-12)15(20)21/h2-5,11,13,16,18H,6-8H2,1H3,(H,20,21). The minimum atomic E-state index is -0.930. The van der Waals surface area contributed by atoms with Gasteiger partial charge in [0.05, 0.1) is 31.1 Å². The number of benzene rings is 1. The molecule has 2 heterocycles. The van der Waals surface area contributed by atoms with E-state index in [1.54, 1.807) is 7.11 Å². The number of aliphatic imine (C=N–C) groups is 2. The molecule has 2 unspecified atom stereocenters. The number of anilines is 1. The van der Waals surface area contributed by atoms with Crippen LogP contribution < -0.4 is 15.4 Å². The van der Waals surface area contributed by atoms with Gasteiger partial charge in [0.25, 0.3) is 0 Å². The summed E-state index contributed by atoms with van der Waals surface area (Å²) in [6.45, 7) is 1.49. The number of hydrogen-bond acceptors (Lipinski definition) is 6. The van der Waals surface area contributed by atoms with Crippen LogP contribution in [0.2, 0.25) is 0 Å². The third kappa shape index (κ3) is 2.94. The number of rotatable bonds is 4. The number of carboxylic acids is 1. The summed E-state index contributed by atoms with van der Waals surface area (Å²) in [7, 11) is 1.63. The van der Waals surface area contributed by atoms with E-state index < -0.39 is 12.0 Å². The lowest BCUT2D eigenvalue weighted by Gasteiger charge is -2.31. The minimum absolute atomic E-state index is 0.0179. The van der Waals surface area contributed by atoms with Gasteiger partial charge in [-0.25, -0.2) is 4.79 Å². The zero-order valence-electron chi connectivity index (χ0n) is 12.2. The number of methoxy groups -OCH3 is 1. The number of piperidine rings is 1. The largest absolute Gasteiger partial charge is 0.497 e. The lowest BCUT2D eigenvalue weighted by atomic mass is 10.00. The fourth-order valence-corrected chi connectivity index (χ4v) is 2.59. The van der Waals surface area contributed by atoms with Crippen molar-refractivity contribution in [3.05, 3.63) is 24.3 Å². The number of carbonyl (C=O) groups is 1. The molecule has 0 saturated carbocycles. The van der Waals surface area contributed by atoms with Crippen molar-refractivity contribution >= 4 is 23.1 Å². The van der Waals surface area contributed by atoms with Gasteiger partial charge >= 0.3 is 5.97 Å². The van der Waals surface area contributed by atoms with Crippen molar-refractivity contribution in [1.82, 2.24) is 5.32 Å². The molecule has 2 atom stereocenters. The van der Waals surface area contributed by atoms with Gasteiger partial charge in [-0.3, -0.25) is 9.98 Å². The summed E-state index contributed by atoms with van der Waals surface area (Å²) in [4.78, 5) is 19.8. The van der Waals surface area contributed by atoms with Crippen LogP contribution in [0.1, 0.15) is 0 Å². The number of nitrogens with one attached hydrogen (secondary N) is 2. The quantitative estimate of drug-likeness (QED) is 0.749. The van der Waals surface area contributed by atoms with Gasteiger partial charge in [0.1, 0.15) is 5.75 Å². The van der Waals surface area contributed by atoms with Crippen molar-refractivity contribution in [2.75, 3.05) is 32.1 Å². The number of fused-ring (bicyclic) bond motifs is 1. The first kappa shape index (κ1) is 14.5. The topological polar surface area (TPSA) is 95.3 Å². The first-order chi connectivity index (χ1) is 10.7. The van der Waals surface area contributed by atoms with Gasteiger partial charge in [-0.15, -0.1) is 0 Å². The van der Waals surface area contributed by atoms with Crippen molar-refractivity contribution in [3.8, 4) is 5.75 Å². The normalized spacial score (nSPS) is 23.9. The van der Waals surface area contributed by atoms with Gasteiger partial charge < -0.3 is 20.5 Å². The Morgan fingerprint density at radius 2 is 2.18 bits per heavy atom. The van der Waals surface area contributed by atoms with Crippen LogP contribution >= 0.6 is 0 Å². The Bertz CT molecular complexity index is 624. The molecule has 3 rings (SSSR count). The third-order valence-electron chi connectivity index (χ3n) is 3.73. The summed E-state index contributed by atoms with van der Waals surface area (Å²) < 4.78 is 5.14. The number of hydrogen-bond donors (Lipinski definition) is 3. The molecule has 22 heavy (non-hydrogen) atoms. The Morgan fingerprint density at radius 1 is 1.41 bits per heavy atom. The Hall–Kier alpha value is -2.41. The molecule has 0 aliphatic carbocycles. The predicted molar refractivity (Wildman–Crippen MR) is 84.4 cm³/mol. The van der Waals surface area contributed by atoms with E-state index >= 15 is 0 Å². The molecule has 1 fully saturated rings. The summed E-state index contributed by atoms with van der Waals surface area (Å²) in [5.74, 6) is -0.130. The van der Waals surface area contributed by atoms with E-state index in [9.17, 15) is 4.79 Å². The van der Waals surface area contributed by atoms with E-state index in [1.807, 2.05) is 24.3 Å². The predicted octanol–water partition coefficient (Wildman–Crippen LogP) is 0.428. The number of aliphatic carboxylic acids is 1. The Kier molecular flexibility index (Phi) is 4.06. The highest BCUT2D eigenvalue weighted by molar-refractivity contribution is 6.46. The monoisotopic (exact) mass is 302 g/mol. The lowest BCUT2D eigenvalue weighted by molar-refractivity contribution is -0.138. The molecule has 0 spiro atoms. The average Bonchev–Trinajstić information content (AvgIpc) is 2.55. The molecular formula is C15H18N4O3. The molecule has 116 valence electrons. The molecule has 7 nitrogen and oxygen atoms in total. The Labute approximate surface area is 128 Å². The van der Waals surface area contributed by atoms with Crippen molar-refractivity contribution < 1.29 is 14.6 Å². The first-order valence-electron chi connectivity index (χ1n) is 7.13. The maximum absolute atomic E-state index is 11.0. The summed E-state index contributed by atoms with van der Waals surface area (Å²) >= 11 is 0. The SMILES string of the molecule is COc1ccc(NC2CNCC3=NC(C(=O)O)CN=C32)cc1. The van der Waals surface area contributed by atoms with E-state index in [0.29, 0.717) is 6.54 Å². The lowest BCUT2D eigenvalue weighted by Crippen LogP contribution is -2.53. The fourth-order valence-electron chi connectivity index (χ4n) is 2.59. The van der Waals surface area contributed by atoms with Crippen molar-refractivity contribution in [2.45, 2.75) is 12.1 Å². The maximum atomic E-state index is 11.0. The molecule has 2 aliphatic rings. The van der Waals surface area contributed by atoms with Gasteiger partial charge in [-0.2, -0.15) is 0 Å². The van der Waals surface area contributed by atoms with Gasteiger partial charge in [0.2, 0.25) is 0 Å². The molecule has 0 amide bonds. The minimum Gasteiger partial charge on any atom is -0.497 e. The van der Waals surface area contributed by atoms with E-state index in [0.717, 1.165) is 29.4 Å².